The van der Waals surface area contributed by atoms with Crippen LogP contribution < -0.4 is 20.5 Å². The fraction of sp³-hybridized carbons (Fsp3) is 0.308. The maximum Gasteiger partial charge on any atom is 0.490 e. The van der Waals surface area contributed by atoms with Gasteiger partial charge < -0.3 is 25.3 Å². The second-order valence-electron chi connectivity index (χ2n) is 8.04. The van der Waals surface area contributed by atoms with E-state index in [1.165, 1.54) is 13.3 Å². The molecule has 1 heterocycles. The molecule has 0 radical (unpaired) electrons. The summed E-state index contributed by atoms with van der Waals surface area (Å²) in [6, 6.07) is 10.1. The van der Waals surface area contributed by atoms with Crippen LogP contribution in [-0.4, -0.2) is 36.8 Å². The SMILES string of the molecule is CCc1c(COC(=O)C(F)(F)F)cccc1Nc1c(C(N)=O)cnc2cc(OCCCC#N)c(OC)cc12. The van der Waals surface area contributed by atoms with Crippen LogP contribution in [0.2, 0.25) is 0 Å². The van der Waals surface area contributed by atoms with Gasteiger partial charge in [0.25, 0.3) is 5.91 Å². The number of hydrogen-bond donors (Lipinski definition) is 2. The molecule has 12 heteroatoms. The van der Waals surface area contributed by atoms with Crippen LogP contribution >= 0.6 is 0 Å². The van der Waals surface area contributed by atoms with Gasteiger partial charge in [0.2, 0.25) is 0 Å². The molecule has 0 aliphatic rings. The fourth-order valence-electron chi connectivity index (χ4n) is 3.79. The van der Waals surface area contributed by atoms with Crippen LogP contribution in [0.3, 0.4) is 0 Å². The topological polar surface area (TPSA) is 137 Å². The highest BCUT2D eigenvalue weighted by Gasteiger charge is 2.41. The third-order valence-corrected chi connectivity index (χ3v) is 5.59. The molecule has 3 aromatic rings. The fourth-order valence-corrected chi connectivity index (χ4v) is 3.79. The van der Waals surface area contributed by atoms with E-state index in [2.05, 4.69) is 15.0 Å². The molecule has 0 fully saturated rings. The molecule has 0 atom stereocenters. The molecule has 0 bridgehead atoms. The zero-order valence-corrected chi connectivity index (χ0v) is 20.6. The number of nitrogens with one attached hydrogen (secondary N) is 1. The summed E-state index contributed by atoms with van der Waals surface area (Å²) in [5.74, 6) is -2.30. The van der Waals surface area contributed by atoms with E-state index >= 15 is 0 Å². The Hall–Kier alpha value is -4.53. The van der Waals surface area contributed by atoms with Gasteiger partial charge >= 0.3 is 12.1 Å². The van der Waals surface area contributed by atoms with Gasteiger partial charge in [0.15, 0.2) is 11.5 Å². The number of pyridine rings is 1. The molecule has 0 saturated heterocycles. The lowest BCUT2D eigenvalue weighted by atomic mass is 10.0. The van der Waals surface area contributed by atoms with Crippen LogP contribution in [0, 0.1) is 11.3 Å². The number of benzene rings is 2. The van der Waals surface area contributed by atoms with Gasteiger partial charge in [-0.3, -0.25) is 9.78 Å². The van der Waals surface area contributed by atoms with Crippen molar-refractivity contribution in [3.8, 4) is 17.6 Å². The van der Waals surface area contributed by atoms with E-state index in [1.54, 1.807) is 37.3 Å². The van der Waals surface area contributed by atoms with Gasteiger partial charge in [0.1, 0.15) is 6.61 Å². The van der Waals surface area contributed by atoms with Gasteiger partial charge in [-0.15, -0.1) is 0 Å². The number of hydrogen-bond acceptors (Lipinski definition) is 8. The van der Waals surface area contributed by atoms with E-state index in [0.29, 0.717) is 64.2 Å². The number of nitrogens with zero attached hydrogens (tertiary/aromatic N) is 2. The van der Waals surface area contributed by atoms with E-state index in [0.717, 1.165) is 0 Å². The number of primary amides is 1. The minimum Gasteiger partial charge on any atom is -0.493 e. The van der Waals surface area contributed by atoms with Crippen molar-refractivity contribution in [1.29, 1.82) is 5.26 Å². The molecule has 1 amide bonds. The lowest BCUT2D eigenvalue weighted by Gasteiger charge is -2.19. The van der Waals surface area contributed by atoms with Crippen molar-refractivity contribution in [3.05, 3.63) is 53.2 Å². The first kappa shape index (κ1) is 28.0. The van der Waals surface area contributed by atoms with E-state index in [4.69, 9.17) is 20.5 Å². The summed E-state index contributed by atoms with van der Waals surface area (Å²) in [5.41, 5.74) is 7.83. The molecule has 200 valence electrons. The largest absolute Gasteiger partial charge is 0.493 e. The van der Waals surface area contributed by atoms with Crippen molar-refractivity contribution in [2.75, 3.05) is 19.0 Å². The number of ether oxygens (including phenoxy) is 3. The van der Waals surface area contributed by atoms with Crippen LogP contribution in [0.15, 0.2) is 36.5 Å². The monoisotopic (exact) mass is 530 g/mol. The number of rotatable bonds is 11. The summed E-state index contributed by atoms with van der Waals surface area (Å²) >= 11 is 0. The molecule has 2 aromatic carbocycles. The molecule has 38 heavy (non-hydrogen) atoms. The second kappa shape index (κ2) is 12.1. The molecule has 1 aromatic heterocycles. The van der Waals surface area contributed by atoms with Crippen LogP contribution in [0.4, 0.5) is 24.5 Å². The van der Waals surface area contributed by atoms with E-state index in [1.807, 2.05) is 6.07 Å². The van der Waals surface area contributed by atoms with Gasteiger partial charge in [0.05, 0.1) is 36.6 Å². The Kier molecular flexibility index (Phi) is 8.96. The van der Waals surface area contributed by atoms with E-state index in [-0.39, 0.29) is 12.2 Å². The van der Waals surface area contributed by atoms with Crippen molar-refractivity contribution in [3.63, 3.8) is 0 Å². The molecule has 0 aliphatic heterocycles. The number of fused-ring (bicyclic) bond motifs is 1. The number of methoxy groups -OCH3 is 1. The zero-order valence-electron chi connectivity index (χ0n) is 20.6. The number of aromatic nitrogens is 1. The van der Waals surface area contributed by atoms with Crippen molar-refractivity contribution in [1.82, 2.24) is 4.98 Å². The number of nitriles is 1. The number of amides is 1. The van der Waals surface area contributed by atoms with Crippen molar-refractivity contribution in [2.45, 2.75) is 39.0 Å². The summed E-state index contributed by atoms with van der Waals surface area (Å²) in [5, 5.41) is 12.4. The minimum atomic E-state index is -5.11. The van der Waals surface area contributed by atoms with E-state index < -0.39 is 24.7 Å². The first-order chi connectivity index (χ1) is 18.1. The highest BCUT2D eigenvalue weighted by atomic mass is 19.4. The molecule has 3 N–H and O–H groups in total. The number of carbonyl (C=O) groups excluding carboxylic acids is 2. The maximum atomic E-state index is 12.6. The normalized spacial score (nSPS) is 11.1. The van der Waals surface area contributed by atoms with Gasteiger partial charge in [0, 0.05) is 29.8 Å². The summed E-state index contributed by atoms with van der Waals surface area (Å²) in [6.45, 7) is 1.48. The Balaban J connectivity index is 2.05. The molecule has 0 aliphatic carbocycles. The third-order valence-electron chi connectivity index (χ3n) is 5.59. The molecule has 9 nitrogen and oxygen atoms in total. The smallest absolute Gasteiger partial charge is 0.490 e. The number of alkyl halides is 3. The predicted octanol–water partition coefficient (Wildman–Crippen LogP) is 4.94. The Morgan fingerprint density at radius 3 is 2.61 bits per heavy atom. The number of carbonyl (C=O) groups is 2. The number of unbranched alkanes of at least 4 members (excludes halogenated alkanes) is 1. The van der Waals surface area contributed by atoms with Crippen LogP contribution in [0.1, 0.15) is 41.3 Å². The lowest BCUT2D eigenvalue weighted by Crippen LogP contribution is -2.25. The molecule has 0 unspecified atom stereocenters. The summed E-state index contributed by atoms with van der Waals surface area (Å²) in [7, 11) is 1.45. The van der Waals surface area contributed by atoms with Gasteiger partial charge in [-0.05, 0) is 36.1 Å². The average Bonchev–Trinajstić information content (AvgIpc) is 2.88. The molecule has 0 spiro atoms. The number of nitrogens with two attached hydrogens (primary N) is 1. The highest BCUT2D eigenvalue weighted by molar-refractivity contribution is 6.08. The maximum absolute atomic E-state index is 12.6. The zero-order chi connectivity index (χ0) is 27.9. The first-order valence-corrected chi connectivity index (χ1v) is 11.5. The van der Waals surface area contributed by atoms with Crippen molar-refractivity contribution < 1.29 is 37.0 Å². The standard InChI is InChI=1S/C26H25F3N4O5/c1-3-16-15(14-38-25(35)26(27,28)29)7-6-8-19(16)33-23-17-11-21(36-2)22(37-10-5-4-9-30)12-20(17)32-13-18(23)24(31)34/h6-8,11-13H,3-5,10,14H2,1-2H3,(H2,31,34)(H,32,33). The highest BCUT2D eigenvalue weighted by Crippen LogP contribution is 2.38. The predicted molar refractivity (Wildman–Crippen MR) is 132 cm³/mol. The molecule has 0 saturated carbocycles. The average molecular weight is 531 g/mol. The van der Waals surface area contributed by atoms with Crippen LogP contribution in [0.25, 0.3) is 10.9 Å². The molecular weight excluding hydrogens is 505 g/mol. The summed E-state index contributed by atoms with van der Waals surface area (Å²) < 4.78 is 53.4. The Labute approximate surface area is 216 Å². The summed E-state index contributed by atoms with van der Waals surface area (Å²) in [4.78, 5) is 27.8. The molecular formula is C26H25F3N4O5. The van der Waals surface area contributed by atoms with Crippen LogP contribution in [0.5, 0.6) is 11.5 Å². The van der Waals surface area contributed by atoms with E-state index in [9.17, 15) is 22.8 Å². The number of esters is 1. The first-order valence-electron chi connectivity index (χ1n) is 11.5. The lowest BCUT2D eigenvalue weighted by molar-refractivity contribution is -0.201. The Bertz CT molecular complexity index is 1390. The minimum absolute atomic E-state index is 0.0678. The third kappa shape index (κ3) is 6.42. The quantitative estimate of drug-likeness (QED) is 0.263. The molecule has 3 rings (SSSR count). The van der Waals surface area contributed by atoms with Crippen molar-refractivity contribution in [2.24, 2.45) is 5.73 Å². The summed E-state index contributed by atoms with van der Waals surface area (Å²) in [6.07, 6.45) is -2.57. The van der Waals surface area contributed by atoms with Gasteiger partial charge in [-0.1, -0.05) is 19.1 Å². The van der Waals surface area contributed by atoms with Crippen LogP contribution in [-0.2, 0) is 22.6 Å². The number of halogens is 3. The van der Waals surface area contributed by atoms with Gasteiger partial charge in [-0.25, -0.2) is 4.79 Å². The number of anilines is 2. The van der Waals surface area contributed by atoms with Gasteiger partial charge in [-0.2, -0.15) is 18.4 Å². The second-order valence-corrected chi connectivity index (χ2v) is 8.04. The Morgan fingerprint density at radius 1 is 1.21 bits per heavy atom. The van der Waals surface area contributed by atoms with Crippen molar-refractivity contribution >= 4 is 34.2 Å². The Morgan fingerprint density at radius 2 is 1.97 bits per heavy atom.